The highest BCUT2D eigenvalue weighted by Crippen LogP contribution is 2.24. The molecular formula is C13H16N2OS. The molecule has 1 heterocycles. The van der Waals surface area contributed by atoms with E-state index in [0.717, 1.165) is 5.75 Å². The van der Waals surface area contributed by atoms with E-state index in [1.54, 1.807) is 24.2 Å². The van der Waals surface area contributed by atoms with E-state index in [1.807, 2.05) is 0 Å². The molecule has 0 aliphatic rings. The van der Waals surface area contributed by atoms with Crippen molar-refractivity contribution >= 4 is 11.8 Å². The molecule has 0 aliphatic carbocycles. The fourth-order valence-electron chi connectivity index (χ4n) is 1.77. The smallest absolute Gasteiger partial charge is 0.255 e. The second kappa shape index (κ2) is 5.38. The summed E-state index contributed by atoms with van der Waals surface area (Å²) in [6, 6.07) is 6.36. The van der Waals surface area contributed by atoms with E-state index >= 15 is 0 Å². The molecule has 2 aromatic rings. The maximum absolute atomic E-state index is 6.17. The molecule has 1 aromatic heterocycles. The molecule has 0 radical (unpaired) electrons. The van der Waals surface area contributed by atoms with Crippen LogP contribution in [-0.2, 0) is 0 Å². The Morgan fingerprint density at radius 3 is 2.88 bits per heavy atom. The van der Waals surface area contributed by atoms with Crippen LogP contribution in [0.25, 0.3) is 0 Å². The van der Waals surface area contributed by atoms with Gasteiger partial charge in [0.25, 0.3) is 5.22 Å². The van der Waals surface area contributed by atoms with Crippen LogP contribution in [-0.4, -0.2) is 10.7 Å². The summed E-state index contributed by atoms with van der Waals surface area (Å²) in [5.74, 6) is 0.768. The first-order valence-corrected chi connectivity index (χ1v) is 6.50. The van der Waals surface area contributed by atoms with E-state index < -0.39 is 0 Å². The van der Waals surface area contributed by atoms with E-state index in [9.17, 15) is 0 Å². The first-order chi connectivity index (χ1) is 8.16. The van der Waals surface area contributed by atoms with Gasteiger partial charge >= 0.3 is 0 Å². The minimum atomic E-state index is 0.00694. The van der Waals surface area contributed by atoms with Crippen LogP contribution in [0.5, 0.6) is 0 Å². The lowest BCUT2D eigenvalue weighted by Crippen LogP contribution is -2.14. The Morgan fingerprint density at radius 2 is 2.24 bits per heavy atom. The summed E-state index contributed by atoms with van der Waals surface area (Å²) in [4.78, 5) is 4.06. The van der Waals surface area contributed by atoms with Crippen molar-refractivity contribution in [3.8, 4) is 0 Å². The van der Waals surface area contributed by atoms with Crippen LogP contribution in [0, 0.1) is 13.8 Å². The number of thioether (sulfide) groups is 1. The maximum atomic E-state index is 6.17. The Kier molecular flexibility index (Phi) is 3.86. The summed E-state index contributed by atoms with van der Waals surface area (Å²) in [7, 11) is 0. The highest BCUT2D eigenvalue weighted by molar-refractivity contribution is 7.99. The molecule has 0 fully saturated rings. The third-order valence-corrected chi connectivity index (χ3v) is 3.60. The quantitative estimate of drug-likeness (QED) is 0.845. The van der Waals surface area contributed by atoms with Crippen molar-refractivity contribution in [1.29, 1.82) is 0 Å². The van der Waals surface area contributed by atoms with Crippen LogP contribution in [0.4, 0.5) is 0 Å². The second-order valence-electron chi connectivity index (χ2n) is 4.08. The van der Waals surface area contributed by atoms with Gasteiger partial charge in [-0.05, 0) is 25.0 Å². The molecule has 3 nitrogen and oxygen atoms in total. The number of rotatable bonds is 4. The summed E-state index contributed by atoms with van der Waals surface area (Å²) in [6.07, 6.45) is 3.22. The van der Waals surface area contributed by atoms with Crippen molar-refractivity contribution in [3.63, 3.8) is 0 Å². The number of oxazole rings is 1. The Balaban J connectivity index is 2.01. The minimum absolute atomic E-state index is 0.00694. The van der Waals surface area contributed by atoms with Gasteiger partial charge in [0.15, 0.2) is 0 Å². The molecule has 17 heavy (non-hydrogen) atoms. The summed E-state index contributed by atoms with van der Waals surface area (Å²) >= 11 is 1.54. The summed E-state index contributed by atoms with van der Waals surface area (Å²) in [5.41, 5.74) is 9.87. The first kappa shape index (κ1) is 12.2. The Morgan fingerprint density at radius 1 is 1.41 bits per heavy atom. The van der Waals surface area contributed by atoms with Crippen molar-refractivity contribution in [2.75, 3.05) is 5.75 Å². The molecule has 1 unspecified atom stereocenters. The van der Waals surface area contributed by atoms with Crippen molar-refractivity contribution in [2.45, 2.75) is 25.1 Å². The second-order valence-corrected chi connectivity index (χ2v) is 5.05. The number of hydrogen-bond acceptors (Lipinski definition) is 4. The number of aryl methyl sites for hydroxylation is 2. The van der Waals surface area contributed by atoms with Gasteiger partial charge in [-0.25, -0.2) is 4.98 Å². The molecule has 0 bridgehead atoms. The van der Waals surface area contributed by atoms with Gasteiger partial charge in [0.2, 0.25) is 0 Å². The fourth-order valence-corrected chi connectivity index (χ4v) is 2.53. The molecule has 4 heteroatoms. The van der Waals surface area contributed by atoms with E-state index in [1.165, 1.54) is 16.7 Å². The summed E-state index contributed by atoms with van der Waals surface area (Å²) in [5, 5.41) is 0.671. The van der Waals surface area contributed by atoms with Crippen LogP contribution in [0.1, 0.15) is 22.7 Å². The van der Waals surface area contributed by atoms with E-state index in [4.69, 9.17) is 10.2 Å². The van der Waals surface area contributed by atoms with Gasteiger partial charge in [0.1, 0.15) is 6.26 Å². The van der Waals surface area contributed by atoms with Crippen molar-refractivity contribution in [1.82, 2.24) is 4.98 Å². The molecule has 90 valence electrons. The van der Waals surface area contributed by atoms with Crippen molar-refractivity contribution in [3.05, 3.63) is 47.3 Å². The zero-order valence-electron chi connectivity index (χ0n) is 10.0. The van der Waals surface area contributed by atoms with Crippen LogP contribution in [0.3, 0.4) is 0 Å². The SMILES string of the molecule is Cc1ccc(C(N)CSc2ncco2)c(C)c1. The molecular weight excluding hydrogens is 232 g/mol. The minimum Gasteiger partial charge on any atom is -0.440 e. The normalized spacial score (nSPS) is 12.6. The van der Waals surface area contributed by atoms with E-state index in [2.05, 4.69) is 37.0 Å². The number of hydrogen-bond donors (Lipinski definition) is 1. The zero-order chi connectivity index (χ0) is 12.3. The Labute approximate surface area is 105 Å². The van der Waals surface area contributed by atoms with Gasteiger partial charge in [-0.3, -0.25) is 0 Å². The lowest BCUT2D eigenvalue weighted by Gasteiger charge is -2.14. The number of aromatic nitrogens is 1. The Bertz CT molecular complexity index is 482. The number of benzene rings is 1. The average Bonchev–Trinajstić information content (AvgIpc) is 2.78. The highest BCUT2D eigenvalue weighted by atomic mass is 32.2. The van der Waals surface area contributed by atoms with Crippen LogP contribution >= 0.6 is 11.8 Å². The third-order valence-electron chi connectivity index (χ3n) is 2.62. The predicted molar refractivity (Wildman–Crippen MR) is 70.1 cm³/mol. The molecule has 2 rings (SSSR count). The molecule has 0 spiro atoms. The monoisotopic (exact) mass is 248 g/mol. The first-order valence-electron chi connectivity index (χ1n) is 5.52. The molecule has 0 saturated carbocycles. The topological polar surface area (TPSA) is 52.0 Å². The third kappa shape index (κ3) is 3.11. The Hall–Kier alpha value is -1.26. The lowest BCUT2D eigenvalue weighted by atomic mass is 10.0. The van der Waals surface area contributed by atoms with Crippen molar-refractivity contribution in [2.24, 2.45) is 5.73 Å². The zero-order valence-corrected chi connectivity index (χ0v) is 10.8. The predicted octanol–water partition coefficient (Wildman–Crippen LogP) is 3.08. The van der Waals surface area contributed by atoms with Gasteiger partial charge in [-0.15, -0.1) is 0 Å². The van der Waals surface area contributed by atoms with Crippen molar-refractivity contribution < 1.29 is 4.42 Å². The van der Waals surface area contributed by atoms with Crippen LogP contribution in [0.2, 0.25) is 0 Å². The van der Waals surface area contributed by atoms with E-state index in [0.29, 0.717) is 5.22 Å². The molecule has 0 saturated heterocycles. The van der Waals surface area contributed by atoms with Crippen LogP contribution < -0.4 is 5.73 Å². The van der Waals surface area contributed by atoms with Gasteiger partial charge < -0.3 is 10.2 Å². The standard InChI is InChI=1S/C13H16N2OS/c1-9-3-4-11(10(2)7-9)12(14)8-17-13-15-5-6-16-13/h3-7,12H,8,14H2,1-2H3. The van der Waals surface area contributed by atoms with Gasteiger partial charge in [-0.1, -0.05) is 35.5 Å². The fraction of sp³-hybridized carbons (Fsp3) is 0.308. The average molecular weight is 248 g/mol. The summed E-state index contributed by atoms with van der Waals surface area (Å²) in [6.45, 7) is 4.18. The number of nitrogens with two attached hydrogens (primary N) is 1. The molecule has 1 atom stereocenters. The van der Waals surface area contributed by atoms with Gasteiger partial charge in [0, 0.05) is 11.8 Å². The molecule has 2 N–H and O–H groups in total. The molecule has 0 aliphatic heterocycles. The van der Waals surface area contributed by atoms with Gasteiger partial charge in [-0.2, -0.15) is 0 Å². The summed E-state index contributed by atoms with van der Waals surface area (Å²) < 4.78 is 5.17. The largest absolute Gasteiger partial charge is 0.440 e. The van der Waals surface area contributed by atoms with Crippen LogP contribution in [0.15, 0.2) is 40.3 Å². The lowest BCUT2D eigenvalue weighted by molar-refractivity contribution is 0.454. The van der Waals surface area contributed by atoms with Gasteiger partial charge in [0.05, 0.1) is 6.20 Å². The maximum Gasteiger partial charge on any atom is 0.255 e. The molecule has 0 amide bonds. The van der Waals surface area contributed by atoms with E-state index in [-0.39, 0.29) is 6.04 Å². The number of nitrogens with zero attached hydrogens (tertiary/aromatic N) is 1. The highest BCUT2D eigenvalue weighted by Gasteiger charge is 2.10. The molecule has 1 aromatic carbocycles.